The van der Waals surface area contributed by atoms with Crippen LogP contribution in [0.2, 0.25) is 0 Å². The molecule has 0 aliphatic carbocycles. The standard InChI is InChI=1S/BrH.ClH.2K.H3NO.H2O4S/c;;;;1-2;1-5(2,3)4/h2*1H;;;2H,1H2;(H2,1,2,3,4)/q;;2*+1;;/p-2. The Morgan fingerprint density at radius 3 is 1.00 bits per heavy atom. The molecule has 0 saturated heterocycles. The van der Waals surface area contributed by atoms with E-state index in [1.54, 1.807) is 0 Å². The molecule has 0 bridgehead atoms. The number of hydrogen-bond donors (Lipinski definition) is 4. The van der Waals surface area contributed by atoms with Crippen molar-refractivity contribution in [3.63, 3.8) is 0 Å². The molecule has 0 aromatic heterocycles. The van der Waals surface area contributed by atoms with Crippen LogP contribution in [0, 0.1) is 0 Å². The van der Waals surface area contributed by atoms with Gasteiger partial charge in [-0.2, -0.15) is 8.42 Å². The first-order valence-electron chi connectivity index (χ1n) is 0.957. The van der Waals surface area contributed by atoms with E-state index in [9.17, 15) is 0 Å². The molecule has 5 N–H and O–H groups in total. The quantitative estimate of drug-likeness (QED) is 0.199. The molecule has 0 aromatic carbocycles. The summed E-state index contributed by atoms with van der Waals surface area (Å²) in [4.78, 5) is 0. The van der Waals surface area contributed by atoms with Crippen molar-refractivity contribution in [3.8, 4) is 0 Å². The van der Waals surface area contributed by atoms with E-state index in [2.05, 4.69) is 5.90 Å². The van der Waals surface area contributed by atoms with Gasteiger partial charge in [-0.15, -0.1) is 0 Å². The van der Waals surface area contributed by atoms with Gasteiger partial charge in [0.2, 0.25) is 0 Å². The Bertz CT molecular complexity index is 108. The third-order valence-electron chi connectivity index (χ3n) is 0. The van der Waals surface area contributed by atoms with Crippen LogP contribution in [-0.4, -0.2) is 22.7 Å². The fourth-order valence-electron chi connectivity index (χ4n) is 0. The number of nitrogens with two attached hydrogens (primary N) is 1. The molecule has 0 aliphatic heterocycles. The van der Waals surface area contributed by atoms with Crippen LogP contribution in [0.4, 0.5) is 0 Å². The molecular weight excluding hydrogens is 320 g/mol. The second kappa shape index (κ2) is 23.6. The van der Waals surface area contributed by atoms with Crippen LogP contribution >= 0.6 is 0 Å². The smallest absolute Gasteiger partial charge is 1.00 e. The van der Waals surface area contributed by atoms with Gasteiger partial charge in [0.1, 0.15) is 0 Å². The predicted octanol–water partition coefficient (Wildman–Crippen LogP) is -13.3. The van der Waals surface area contributed by atoms with E-state index < -0.39 is 10.4 Å². The van der Waals surface area contributed by atoms with Crippen LogP contribution < -0.4 is 138 Å². The van der Waals surface area contributed by atoms with Crippen molar-refractivity contribution >= 4 is 10.4 Å². The van der Waals surface area contributed by atoms with E-state index in [1.165, 1.54) is 0 Å². The fourth-order valence-corrected chi connectivity index (χ4v) is 0. The third kappa shape index (κ3) is 132. The maximum atomic E-state index is 8.74. The molecule has 0 amide bonds. The van der Waals surface area contributed by atoms with E-state index in [0.717, 1.165) is 0 Å². The number of halogens is 2. The molecule has 0 rings (SSSR count). The molecule has 0 spiro atoms. The summed E-state index contributed by atoms with van der Waals surface area (Å²) in [5.74, 6) is 3.50. The zero-order valence-electron chi connectivity index (χ0n) is 5.90. The molecule has 0 unspecified atom stereocenters. The maximum Gasteiger partial charge on any atom is 1.00 e. The minimum Gasteiger partial charge on any atom is -1.00 e. The number of hydrogen-bond acceptors (Lipinski definition) is 4. The first-order chi connectivity index (χ1) is 3.00. The van der Waals surface area contributed by atoms with Gasteiger partial charge in [-0.3, -0.25) is 9.11 Å². The molecule has 11 heavy (non-hydrogen) atoms. The zero-order chi connectivity index (χ0) is 6.50. The molecular formula is H5BrClK2NO5S. The van der Waals surface area contributed by atoms with Gasteiger partial charge in [0.15, 0.2) is 0 Å². The summed E-state index contributed by atoms with van der Waals surface area (Å²) in [5.41, 5.74) is 0. The first kappa shape index (κ1) is 36.4. The second-order valence-corrected chi connectivity index (χ2v) is 1.34. The topological polar surface area (TPSA) is 121 Å². The van der Waals surface area contributed by atoms with Gasteiger partial charge in [0.25, 0.3) is 0 Å². The average molecular weight is 325 g/mol. The van der Waals surface area contributed by atoms with E-state index in [1.807, 2.05) is 0 Å². The summed E-state index contributed by atoms with van der Waals surface area (Å²) < 4.78 is 31.6. The van der Waals surface area contributed by atoms with Gasteiger partial charge in [-0.05, 0) is 0 Å². The summed E-state index contributed by atoms with van der Waals surface area (Å²) in [6, 6.07) is 0. The van der Waals surface area contributed by atoms with Gasteiger partial charge in [0.05, 0.1) is 0 Å². The van der Waals surface area contributed by atoms with Gasteiger partial charge >= 0.3 is 113 Å². The fraction of sp³-hybridized carbons (Fsp3) is 0. The largest absolute Gasteiger partial charge is 1.00 e. The van der Waals surface area contributed by atoms with Gasteiger partial charge in [-0.25, -0.2) is 5.90 Å². The third-order valence-corrected chi connectivity index (χ3v) is 0. The summed E-state index contributed by atoms with van der Waals surface area (Å²) >= 11 is 0. The van der Waals surface area contributed by atoms with E-state index in [4.69, 9.17) is 22.7 Å². The van der Waals surface area contributed by atoms with Crippen LogP contribution in [0.25, 0.3) is 0 Å². The maximum absolute atomic E-state index is 8.74. The SMILES string of the molecule is NO.O=S(=O)(O)O.[Br-].[Cl-].[K+].[K+]. The monoisotopic (exact) mass is 323 g/mol. The van der Waals surface area contributed by atoms with Crippen LogP contribution in [0.15, 0.2) is 0 Å². The van der Waals surface area contributed by atoms with Crippen molar-refractivity contribution in [2.75, 3.05) is 0 Å². The summed E-state index contributed by atoms with van der Waals surface area (Å²) in [6.45, 7) is 0. The van der Waals surface area contributed by atoms with Gasteiger partial charge in [-0.1, -0.05) is 0 Å². The molecule has 62 valence electrons. The summed E-state index contributed by atoms with van der Waals surface area (Å²) in [6.07, 6.45) is 0. The van der Waals surface area contributed by atoms with E-state index in [-0.39, 0.29) is 132 Å². The normalized spacial score (nSPS) is 5.82. The van der Waals surface area contributed by atoms with Gasteiger partial charge in [0, 0.05) is 0 Å². The molecule has 6 nitrogen and oxygen atoms in total. The Balaban J connectivity index is -0.00000000972. The van der Waals surface area contributed by atoms with Crippen molar-refractivity contribution in [2.24, 2.45) is 5.90 Å². The van der Waals surface area contributed by atoms with E-state index >= 15 is 0 Å². The predicted molar refractivity (Wildman–Crippen MR) is 20.2 cm³/mol. The summed E-state index contributed by atoms with van der Waals surface area (Å²) in [7, 11) is -4.67. The van der Waals surface area contributed by atoms with Crippen molar-refractivity contribution in [1.82, 2.24) is 0 Å². The molecule has 11 heteroatoms. The molecule has 0 atom stereocenters. The zero-order valence-corrected chi connectivity index (χ0v) is 15.3. The van der Waals surface area contributed by atoms with Crippen LogP contribution in [0.1, 0.15) is 0 Å². The van der Waals surface area contributed by atoms with Crippen molar-refractivity contribution < 1.29 is 155 Å². The molecule has 0 aliphatic rings. The average Bonchev–Trinajstić information content (AvgIpc) is 1.36. The number of rotatable bonds is 0. The Morgan fingerprint density at radius 2 is 1.00 bits per heavy atom. The van der Waals surface area contributed by atoms with Crippen LogP contribution in [0.5, 0.6) is 0 Å². The van der Waals surface area contributed by atoms with E-state index in [0.29, 0.717) is 0 Å². The van der Waals surface area contributed by atoms with Crippen molar-refractivity contribution in [3.05, 3.63) is 0 Å². The van der Waals surface area contributed by atoms with Crippen molar-refractivity contribution in [1.29, 1.82) is 0 Å². The Hall–Kier alpha value is 3.83. The minimum atomic E-state index is -4.67. The summed E-state index contributed by atoms with van der Waals surface area (Å²) in [5, 5.41) is 6.50. The van der Waals surface area contributed by atoms with Crippen molar-refractivity contribution in [2.45, 2.75) is 0 Å². The molecule has 0 radical (unpaired) electrons. The van der Waals surface area contributed by atoms with Crippen LogP contribution in [-0.2, 0) is 10.4 Å². The Kier molecular flexibility index (Phi) is 77.9. The molecule has 0 fully saturated rings. The Morgan fingerprint density at radius 1 is 1.00 bits per heavy atom. The molecule has 0 saturated carbocycles. The van der Waals surface area contributed by atoms with Crippen LogP contribution in [0.3, 0.4) is 0 Å². The molecule has 0 aromatic rings. The van der Waals surface area contributed by atoms with Gasteiger partial charge < -0.3 is 34.6 Å². The second-order valence-electron chi connectivity index (χ2n) is 0.448. The molecule has 0 heterocycles. The Labute approximate surface area is 167 Å². The minimum absolute atomic E-state index is 0. The first-order valence-corrected chi connectivity index (χ1v) is 2.35.